The molecule has 0 spiro atoms. The number of methoxy groups -OCH3 is 1. The summed E-state index contributed by atoms with van der Waals surface area (Å²) in [5, 5.41) is 0. The SMILES string of the molecule is CO[C@@]12O[C@@H](C(=O)c3ccccc31)[C@H]1C(=O)N(c3ccccc3)C(=O)[C@H]12. The zero-order valence-corrected chi connectivity index (χ0v) is 13.9. The molecule has 2 bridgehead atoms. The number of imide groups is 1. The van der Waals surface area contributed by atoms with Gasteiger partial charge in [-0.05, 0) is 12.1 Å². The third-order valence-corrected chi connectivity index (χ3v) is 5.53. The highest BCUT2D eigenvalue weighted by molar-refractivity contribution is 6.25. The van der Waals surface area contributed by atoms with Gasteiger partial charge in [-0.1, -0.05) is 42.5 Å². The molecule has 5 rings (SSSR count). The number of rotatable bonds is 2. The van der Waals surface area contributed by atoms with E-state index in [0.717, 1.165) is 4.90 Å². The predicted molar refractivity (Wildman–Crippen MR) is 90.2 cm³/mol. The first-order valence-electron chi connectivity index (χ1n) is 8.39. The van der Waals surface area contributed by atoms with Gasteiger partial charge in [-0.15, -0.1) is 0 Å². The van der Waals surface area contributed by atoms with Crippen molar-refractivity contribution in [3.63, 3.8) is 0 Å². The number of fused-ring (bicyclic) bond motifs is 7. The molecule has 0 aromatic heterocycles. The van der Waals surface area contributed by atoms with Crippen LogP contribution in [0.15, 0.2) is 54.6 Å². The first kappa shape index (κ1) is 15.4. The summed E-state index contributed by atoms with van der Waals surface area (Å²) in [4.78, 5) is 40.4. The van der Waals surface area contributed by atoms with Crippen LogP contribution in [0.3, 0.4) is 0 Å². The van der Waals surface area contributed by atoms with Crippen molar-refractivity contribution >= 4 is 23.3 Å². The number of benzene rings is 2. The lowest BCUT2D eigenvalue weighted by atomic mass is 9.86. The number of para-hydroxylation sites is 1. The molecule has 0 aliphatic carbocycles. The second-order valence-electron chi connectivity index (χ2n) is 6.67. The molecule has 2 amide bonds. The van der Waals surface area contributed by atoms with E-state index in [0.29, 0.717) is 16.8 Å². The summed E-state index contributed by atoms with van der Waals surface area (Å²) in [7, 11) is 1.44. The maximum atomic E-state index is 13.3. The van der Waals surface area contributed by atoms with Crippen LogP contribution in [0.5, 0.6) is 0 Å². The number of amides is 2. The number of hydrogen-bond acceptors (Lipinski definition) is 5. The van der Waals surface area contributed by atoms with Crippen LogP contribution in [-0.2, 0) is 24.8 Å². The van der Waals surface area contributed by atoms with E-state index in [2.05, 4.69) is 0 Å². The van der Waals surface area contributed by atoms with E-state index in [9.17, 15) is 14.4 Å². The number of nitrogens with zero attached hydrogens (tertiary/aromatic N) is 1. The molecule has 0 radical (unpaired) electrons. The summed E-state index contributed by atoms with van der Waals surface area (Å²) in [5.41, 5.74) is 1.45. The quantitative estimate of drug-likeness (QED) is 0.774. The van der Waals surface area contributed by atoms with Crippen LogP contribution in [0.1, 0.15) is 15.9 Å². The summed E-state index contributed by atoms with van der Waals surface area (Å²) in [5.74, 6) is -4.30. The van der Waals surface area contributed by atoms with Crippen molar-refractivity contribution in [1.29, 1.82) is 0 Å². The molecular formula is C20H15NO5. The fourth-order valence-electron chi connectivity index (χ4n) is 4.45. The molecule has 2 aromatic carbocycles. The van der Waals surface area contributed by atoms with Crippen LogP contribution < -0.4 is 4.90 Å². The minimum Gasteiger partial charge on any atom is -0.349 e. The van der Waals surface area contributed by atoms with Crippen molar-refractivity contribution in [2.75, 3.05) is 12.0 Å². The summed E-state index contributed by atoms with van der Waals surface area (Å²) >= 11 is 0. The number of ketones is 1. The van der Waals surface area contributed by atoms with Gasteiger partial charge < -0.3 is 9.47 Å². The lowest BCUT2D eigenvalue weighted by Gasteiger charge is -2.36. The van der Waals surface area contributed by atoms with E-state index in [-0.39, 0.29) is 5.78 Å². The largest absolute Gasteiger partial charge is 0.349 e. The van der Waals surface area contributed by atoms with Gasteiger partial charge in [0, 0.05) is 18.2 Å². The van der Waals surface area contributed by atoms with Crippen molar-refractivity contribution < 1.29 is 23.9 Å². The van der Waals surface area contributed by atoms with E-state index >= 15 is 0 Å². The van der Waals surface area contributed by atoms with E-state index < -0.39 is 35.5 Å². The molecule has 2 fully saturated rings. The Morgan fingerprint density at radius 2 is 1.65 bits per heavy atom. The van der Waals surface area contributed by atoms with Gasteiger partial charge >= 0.3 is 0 Å². The van der Waals surface area contributed by atoms with Crippen molar-refractivity contribution in [3.8, 4) is 0 Å². The van der Waals surface area contributed by atoms with Crippen LogP contribution in [0.25, 0.3) is 0 Å². The Kier molecular flexibility index (Phi) is 3.02. The third kappa shape index (κ3) is 1.65. The highest BCUT2D eigenvalue weighted by Crippen LogP contribution is 2.57. The molecule has 2 aromatic rings. The Hall–Kier alpha value is -2.83. The number of carbonyl (C=O) groups is 3. The van der Waals surface area contributed by atoms with Crippen LogP contribution in [0, 0.1) is 11.8 Å². The molecule has 3 aliphatic rings. The third-order valence-electron chi connectivity index (χ3n) is 5.53. The average molecular weight is 349 g/mol. The Morgan fingerprint density at radius 3 is 2.38 bits per heavy atom. The molecule has 0 N–H and O–H groups in total. The van der Waals surface area contributed by atoms with Crippen molar-refractivity contribution in [1.82, 2.24) is 0 Å². The fourth-order valence-corrected chi connectivity index (χ4v) is 4.45. The zero-order valence-electron chi connectivity index (χ0n) is 13.9. The molecule has 6 nitrogen and oxygen atoms in total. The van der Waals surface area contributed by atoms with E-state index in [1.807, 2.05) is 6.07 Å². The van der Waals surface area contributed by atoms with Crippen LogP contribution in [0.4, 0.5) is 5.69 Å². The van der Waals surface area contributed by atoms with Gasteiger partial charge in [0.05, 0.1) is 11.6 Å². The van der Waals surface area contributed by atoms with Crippen LogP contribution in [0.2, 0.25) is 0 Å². The Morgan fingerprint density at radius 1 is 0.962 bits per heavy atom. The average Bonchev–Trinajstić information content (AvgIpc) is 3.14. The van der Waals surface area contributed by atoms with Crippen LogP contribution >= 0.6 is 0 Å². The highest BCUT2D eigenvalue weighted by Gasteiger charge is 2.72. The van der Waals surface area contributed by atoms with Crippen LogP contribution in [-0.4, -0.2) is 30.8 Å². The minimum absolute atomic E-state index is 0.281. The molecule has 4 atom stereocenters. The van der Waals surface area contributed by atoms with E-state index in [1.54, 1.807) is 48.5 Å². The minimum atomic E-state index is -1.42. The monoisotopic (exact) mass is 349 g/mol. The fraction of sp³-hybridized carbons (Fsp3) is 0.250. The molecule has 2 saturated heterocycles. The molecule has 26 heavy (non-hydrogen) atoms. The number of Topliss-reactive ketones (excluding diaryl/α,β-unsaturated/α-hetero) is 1. The van der Waals surface area contributed by atoms with Gasteiger partial charge in [-0.3, -0.25) is 14.4 Å². The van der Waals surface area contributed by atoms with Gasteiger partial charge in [-0.25, -0.2) is 4.90 Å². The zero-order chi connectivity index (χ0) is 18.1. The summed E-state index contributed by atoms with van der Waals surface area (Å²) in [6.07, 6.45) is -1.01. The molecule has 3 heterocycles. The Balaban J connectivity index is 1.71. The van der Waals surface area contributed by atoms with Gasteiger partial charge in [-0.2, -0.15) is 0 Å². The number of hydrogen-bond donors (Lipinski definition) is 0. The number of anilines is 1. The molecule has 3 aliphatic heterocycles. The van der Waals surface area contributed by atoms with E-state index in [4.69, 9.17) is 9.47 Å². The highest BCUT2D eigenvalue weighted by atomic mass is 16.7. The maximum Gasteiger partial charge on any atom is 0.243 e. The maximum absolute atomic E-state index is 13.3. The second kappa shape index (κ2) is 5.09. The lowest BCUT2D eigenvalue weighted by Crippen LogP contribution is -2.46. The van der Waals surface area contributed by atoms with Gasteiger partial charge in [0.15, 0.2) is 5.78 Å². The lowest BCUT2D eigenvalue weighted by molar-refractivity contribution is -0.235. The van der Waals surface area contributed by atoms with Crippen molar-refractivity contribution in [2.45, 2.75) is 11.9 Å². The summed E-state index contributed by atoms with van der Waals surface area (Å²) < 4.78 is 11.6. The summed E-state index contributed by atoms with van der Waals surface area (Å²) in [6, 6.07) is 15.6. The van der Waals surface area contributed by atoms with E-state index in [1.165, 1.54) is 7.11 Å². The first-order chi connectivity index (χ1) is 12.6. The summed E-state index contributed by atoms with van der Waals surface area (Å²) in [6.45, 7) is 0. The number of ether oxygens (including phenoxy) is 2. The predicted octanol–water partition coefficient (Wildman–Crippen LogP) is 1.89. The topological polar surface area (TPSA) is 72.9 Å². The first-order valence-corrected chi connectivity index (χ1v) is 8.39. The van der Waals surface area contributed by atoms with Crippen molar-refractivity contribution in [3.05, 3.63) is 65.7 Å². The standard InChI is InChI=1S/C20H15NO5/c1-25-20-13-10-6-5-9-12(13)16(22)17(26-20)14-15(20)19(24)21(18(14)23)11-7-3-2-4-8-11/h2-10,14-15,17H,1H3/t14-,15-,17+,20+/m0/s1. The molecule has 0 unspecified atom stereocenters. The normalized spacial score (nSPS) is 32.0. The van der Waals surface area contributed by atoms with Gasteiger partial charge in [0.2, 0.25) is 17.6 Å². The smallest absolute Gasteiger partial charge is 0.243 e. The van der Waals surface area contributed by atoms with Gasteiger partial charge in [0.1, 0.15) is 12.0 Å². The molecule has 6 heteroatoms. The Labute approximate surface area is 149 Å². The molecule has 130 valence electrons. The Bertz CT molecular complexity index is 956. The van der Waals surface area contributed by atoms with Gasteiger partial charge in [0.25, 0.3) is 0 Å². The molecule has 0 saturated carbocycles. The second-order valence-corrected chi connectivity index (χ2v) is 6.67. The number of carbonyl (C=O) groups excluding carboxylic acids is 3. The molecular weight excluding hydrogens is 334 g/mol. The van der Waals surface area contributed by atoms with Crippen molar-refractivity contribution in [2.24, 2.45) is 11.8 Å².